The van der Waals surface area contributed by atoms with Crippen molar-refractivity contribution >= 4 is 5.91 Å². The van der Waals surface area contributed by atoms with E-state index in [2.05, 4.69) is 34.6 Å². The SMILES string of the molecule is CN1CCN[C@H](Cc2ccc(-c3cccnc3)cc2)C1=O. The van der Waals surface area contributed by atoms with Crippen molar-refractivity contribution in [3.05, 3.63) is 54.4 Å². The fraction of sp³-hybridized carbons (Fsp3) is 0.294. The summed E-state index contributed by atoms with van der Waals surface area (Å²) in [6.45, 7) is 1.65. The van der Waals surface area contributed by atoms with Crippen molar-refractivity contribution in [1.82, 2.24) is 15.2 Å². The van der Waals surface area contributed by atoms with Crippen LogP contribution in [0.1, 0.15) is 5.56 Å². The molecule has 0 radical (unpaired) electrons. The molecule has 0 bridgehead atoms. The van der Waals surface area contributed by atoms with Crippen LogP contribution in [-0.2, 0) is 11.2 Å². The third-order valence-electron chi connectivity index (χ3n) is 3.90. The van der Waals surface area contributed by atoms with Crippen molar-refractivity contribution in [2.45, 2.75) is 12.5 Å². The maximum Gasteiger partial charge on any atom is 0.239 e. The molecule has 0 unspecified atom stereocenters. The first kappa shape index (κ1) is 13.8. The number of carbonyl (C=O) groups excluding carboxylic acids is 1. The fourth-order valence-electron chi connectivity index (χ4n) is 2.63. The maximum atomic E-state index is 12.1. The molecule has 1 fully saturated rings. The smallest absolute Gasteiger partial charge is 0.239 e. The van der Waals surface area contributed by atoms with Gasteiger partial charge in [-0.25, -0.2) is 0 Å². The van der Waals surface area contributed by atoms with Gasteiger partial charge in [0.1, 0.15) is 0 Å². The lowest BCUT2D eigenvalue weighted by Gasteiger charge is -2.30. The highest BCUT2D eigenvalue weighted by Crippen LogP contribution is 2.19. The summed E-state index contributed by atoms with van der Waals surface area (Å²) in [7, 11) is 1.86. The van der Waals surface area contributed by atoms with Crippen molar-refractivity contribution in [3.8, 4) is 11.1 Å². The van der Waals surface area contributed by atoms with Gasteiger partial charge < -0.3 is 10.2 Å². The van der Waals surface area contributed by atoms with Crippen LogP contribution in [0.4, 0.5) is 0 Å². The van der Waals surface area contributed by atoms with Crippen molar-refractivity contribution in [3.63, 3.8) is 0 Å². The van der Waals surface area contributed by atoms with Gasteiger partial charge in [-0.1, -0.05) is 30.3 Å². The molecule has 2 heterocycles. The molecule has 2 aromatic rings. The summed E-state index contributed by atoms with van der Waals surface area (Å²) in [4.78, 5) is 18.0. The van der Waals surface area contributed by atoms with Crippen molar-refractivity contribution in [1.29, 1.82) is 0 Å². The molecular weight excluding hydrogens is 262 g/mol. The Hall–Kier alpha value is -2.20. The lowest BCUT2D eigenvalue weighted by molar-refractivity contribution is -0.134. The van der Waals surface area contributed by atoms with Crippen LogP contribution < -0.4 is 5.32 Å². The van der Waals surface area contributed by atoms with E-state index in [1.54, 1.807) is 11.1 Å². The van der Waals surface area contributed by atoms with Crippen LogP contribution in [0, 0.1) is 0 Å². The molecule has 1 aromatic heterocycles. The van der Waals surface area contributed by atoms with Crippen molar-refractivity contribution < 1.29 is 4.79 Å². The van der Waals surface area contributed by atoms with E-state index in [1.165, 1.54) is 5.56 Å². The van der Waals surface area contributed by atoms with Crippen LogP contribution in [0.5, 0.6) is 0 Å². The number of benzene rings is 1. The number of piperazine rings is 1. The number of likely N-dealkylation sites (N-methyl/N-ethyl adjacent to an activating group) is 1. The Labute approximate surface area is 124 Å². The van der Waals surface area contributed by atoms with E-state index in [9.17, 15) is 4.79 Å². The summed E-state index contributed by atoms with van der Waals surface area (Å²) in [6.07, 6.45) is 4.36. The number of hydrogen-bond acceptors (Lipinski definition) is 3. The number of hydrogen-bond donors (Lipinski definition) is 1. The first-order valence-electron chi connectivity index (χ1n) is 7.22. The summed E-state index contributed by atoms with van der Waals surface area (Å²) >= 11 is 0. The second kappa shape index (κ2) is 6.06. The van der Waals surface area contributed by atoms with E-state index in [-0.39, 0.29) is 11.9 Å². The van der Waals surface area contributed by atoms with Gasteiger partial charge in [0.2, 0.25) is 5.91 Å². The van der Waals surface area contributed by atoms with Crippen LogP contribution >= 0.6 is 0 Å². The second-order valence-corrected chi connectivity index (χ2v) is 5.41. The summed E-state index contributed by atoms with van der Waals surface area (Å²) < 4.78 is 0. The lowest BCUT2D eigenvalue weighted by Crippen LogP contribution is -2.54. The Morgan fingerprint density at radius 1 is 1.24 bits per heavy atom. The zero-order chi connectivity index (χ0) is 14.7. The first-order valence-corrected chi connectivity index (χ1v) is 7.22. The molecule has 1 saturated heterocycles. The molecule has 1 N–H and O–H groups in total. The number of amides is 1. The minimum absolute atomic E-state index is 0.104. The van der Waals surface area contributed by atoms with E-state index in [4.69, 9.17) is 0 Å². The Morgan fingerprint density at radius 3 is 2.76 bits per heavy atom. The Bertz CT molecular complexity index is 610. The minimum atomic E-state index is -0.104. The number of nitrogens with one attached hydrogen (secondary N) is 1. The van der Waals surface area contributed by atoms with E-state index >= 15 is 0 Å². The van der Waals surface area contributed by atoms with Gasteiger partial charge in [-0.3, -0.25) is 9.78 Å². The van der Waals surface area contributed by atoms with Crippen LogP contribution in [0.25, 0.3) is 11.1 Å². The Morgan fingerprint density at radius 2 is 2.05 bits per heavy atom. The van der Waals surface area contributed by atoms with E-state index in [0.717, 1.165) is 30.6 Å². The molecule has 108 valence electrons. The summed E-state index contributed by atoms with van der Waals surface area (Å²) in [5.74, 6) is 0.178. The quantitative estimate of drug-likeness (QED) is 0.932. The topological polar surface area (TPSA) is 45.2 Å². The monoisotopic (exact) mass is 281 g/mol. The normalized spacial score (nSPS) is 18.8. The number of nitrogens with zero attached hydrogens (tertiary/aromatic N) is 2. The van der Waals surface area contributed by atoms with Crippen LogP contribution in [0.15, 0.2) is 48.8 Å². The highest BCUT2D eigenvalue weighted by Gasteiger charge is 2.25. The number of pyridine rings is 1. The third kappa shape index (κ3) is 3.11. The Balaban J connectivity index is 1.71. The van der Waals surface area contributed by atoms with Gasteiger partial charge in [-0.15, -0.1) is 0 Å². The zero-order valence-electron chi connectivity index (χ0n) is 12.1. The molecule has 0 aliphatic carbocycles. The molecule has 4 nitrogen and oxygen atoms in total. The van der Waals surface area contributed by atoms with Crippen LogP contribution in [0.2, 0.25) is 0 Å². The van der Waals surface area contributed by atoms with Gasteiger partial charge in [0.05, 0.1) is 6.04 Å². The van der Waals surface area contributed by atoms with Gasteiger partial charge in [0, 0.05) is 32.5 Å². The largest absolute Gasteiger partial charge is 0.343 e. The number of carbonyl (C=O) groups is 1. The van der Waals surface area contributed by atoms with Gasteiger partial charge in [0.15, 0.2) is 0 Å². The van der Waals surface area contributed by atoms with Crippen LogP contribution in [-0.4, -0.2) is 42.0 Å². The molecular formula is C17H19N3O. The number of aromatic nitrogens is 1. The molecule has 0 spiro atoms. The van der Waals surface area contributed by atoms with Crippen LogP contribution in [0.3, 0.4) is 0 Å². The van der Waals surface area contributed by atoms with Gasteiger partial charge in [-0.05, 0) is 29.2 Å². The highest BCUT2D eigenvalue weighted by molar-refractivity contribution is 5.82. The molecule has 0 saturated carbocycles. The molecule has 21 heavy (non-hydrogen) atoms. The molecule has 1 aromatic carbocycles. The van der Waals surface area contributed by atoms with Gasteiger partial charge >= 0.3 is 0 Å². The van der Waals surface area contributed by atoms with Gasteiger partial charge in [0.25, 0.3) is 0 Å². The molecule has 1 aliphatic rings. The zero-order valence-corrected chi connectivity index (χ0v) is 12.1. The molecule has 1 amide bonds. The summed E-state index contributed by atoms with van der Waals surface area (Å²) in [5.41, 5.74) is 3.42. The molecule has 1 aliphatic heterocycles. The van der Waals surface area contributed by atoms with Crippen molar-refractivity contribution in [2.75, 3.05) is 20.1 Å². The summed E-state index contributed by atoms with van der Waals surface area (Å²) in [5, 5.41) is 3.29. The number of rotatable bonds is 3. The highest BCUT2D eigenvalue weighted by atomic mass is 16.2. The second-order valence-electron chi connectivity index (χ2n) is 5.41. The van der Waals surface area contributed by atoms with Gasteiger partial charge in [-0.2, -0.15) is 0 Å². The third-order valence-corrected chi connectivity index (χ3v) is 3.90. The molecule has 1 atom stereocenters. The summed E-state index contributed by atoms with van der Waals surface area (Å²) in [6, 6.07) is 12.2. The predicted octanol–water partition coefficient (Wildman–Crippen LogP) is 1.72. The Kier molecular flexibility index (Phi) is 3.97. The average Bonchev–Trinajstić information content (AvgIpc) is 2.53. The predicted molar refractivity (Wildman–Crippen MR) is 82.8 cm³/mol. The first-order chi connectivity index (χ1) is 10.2. The minimum Gasteiger partial charge on any atom is -0.343 e. The molecule has 3 rings (SSSR count). The van der Waals surface area contributed by atoms with E-state index in [1.807, 2.05) is 25.4 Å². The molecule has 4 heteroatoms. The van der Waals surface area contributed by atoms with Crippen molar-refractivity contribution in [2.24, 2.45) is 0 Å². The standard InChI is InChI=1S/C17H19N3O/c1-20-10-9-19-16(17(20)21)11-13-4-6-14(7-5-13)15-3-2-8-18-12-15/h2-8,12,16,19H,9-11H2,1H3/t16-/m1/s1. The lowest BCUT2D eigenvalue weighted by atomic mass is 10.00. The van der Waals surface area contributed by atoms with E-state index in [0.29, 0.717) is 0 Å². The maximum absolute atomic E-state index is 12.1. The average molecular weight is 281 g/mol. The van der Waals surface area contributed by atoms with E-state index < -0.39 is 0 Å². The fourth-order valence-corrected chi connectivity index (χ4v) is 2.63.